The summed E-state index contributed by atoms with van der Waals surface area (Å²) in [4.78, 5) is 8.22. The second-order valence-electron chi connectivity index (χ2n) is 5.29. The number of nitrogens with two attached hydrogens (primary N) is 1. The zero-order valence-corrected chi connectivity index (χ0v) is 15.1. The van der Waals surface area contributed by atoms with Crippen molar-refractivity contribution in [1.29, 1.82) is 0 Å². The Morgan fingerprint density at radius 1 is 1.33 bits per heavy atom. The van der Waals surface area contributed by atoms with E-state index in [2.05, 4.69) is 15.1 Å². The first-order valence-corrected chi connectivity index (χ1v) is 9.64. The molecule has 2 atom stereocenters. The van der Waals surface area contributed by atoms with Crippen LogP contribution in [0.2, 0.25) is 0 Å². The van der Waals surface area contributed by atoms with Crippen LogP contribution in [-0.2, 0) is 24.8 Å². The molecule has 0 saturated heterocycles. The lowest BCUT2D eigenvalue weighted by molar-refractivity contribution is 0.0755. The topological polar surface area (TPSA) is 114 Å². The van der Waals surface area contributed by atoms with Gasteiger partial charge in [-0.3, -0.25) is 4.57 Å². The summed E-state index contributed by atoms with van der Waals surface area (Å²) in [5.74, 6) is 1.05. The number of imidazole rings is 1. The van der Waals surface area contributed by atoms with E-state index >= 15 is 0 Å². The number of nitrogens with zero attached hydrogens (tertiary/aromatic N) is 4. The molecule has 2 aromatic heterocycles. The normalized spacial score (nSPS) is 15.5. The Hall–Kier alpha value is -1.54. The fourth-order valence-electron chi connectivity index (χ4n) is 2.11. The van der Waals surface area contributed by atoms with E-state index in [9.17, 15) is 4.57 Å². The summed E-state index contributed by atoms with van der Waals surface area (Å²) in [5, 5.41) is 4.14. The van der Waals surface area contributed by atoms with Crippen molar-refractivity contribution >= 4 is 18.9 Å². The number of anilines is 1. The lowest BCUT2D eigenvalue weighted by atomic mass is 10.3. The summed E-state index contributed by atoms with van der Waals surface area (Å²) in [5.41, 5.74) is 6.43. The highest BCUT2D eigenvalue weighted by Crippen LogP contribution is 2.48. The van der Waals surface area contributed by atoms with Gasteiger partial charge in [-0.2, -0.15) is 5.10 Å². The molecular formula is C14H24N5O4P. The van der Waals surface area contributed by atoms with Gasteiger partial charge in [0.1, 0.15) is 24.0 Å². The highest BCUT2D eigenvalue weighted by atomic mass is 31.2. The van der Waals surface area contributed by atoms with E-state index in [1.807, 2.05) is 13.8 Å². The molecule has 0 saturated carbocycles. The van der Waals surface area contributed by atoms with Crippen LogP contribution in [0.25, 0.3) is 5.52 Å². The van der Waals surface area contributed by atoms with Gasteiger partial charge < -0.3 is 19.5 Å². The zero-order chi connectivity index (χ0) is 17.6. The Labute approximate surface area is 141 Å². The second kappa shape index (κ2) is 8.53. The molecule has 0 aliphatic rings. The number of rotatable bonds is 10. The third-order valence-electron chi connectivity index (χ3n) is 3.24. The molecule has 9 nitrogen and oxygen atoms in total. The fraction of sp³-hybridized carbons (Fsp3) is 0.643. The Kier molecular flexibility index (Phi) is 6.68. The number of nitrogen functional groups attached to an aromatic ring is 1. The van der Waals surface area contributed by atoms with Gasteiger partial charge in [0.25, 0.3) is 0 Å². The van der Waals surface area contributed by atoms with Gasteiger partial charge in [0.15, 0.2) is 5.82 Å². The van der Waals surface area contributed by atoms with Crippen molar-refractivity contribution in [3.05, 3.63) is 18.3 Å². The molecule has 0 spiro atoms. The predicted octanol–water partition coefficient (Wildman–Crippen LogP) is 2.27. The molecule has 2 N–H and O–H groups in total. The Morgan fingerprint density at radius 3 is 2.83 bits per heavy atom. The summed E-state index contributed by atoms with van der Waals surface area (Å²) in [6.45, 7) is 6.25. The van der Waals surface area contributed by atoms with Crippen molar-refractivity contribution in [2.24, 2.45) is 0 Å². The van der Waals surface area contributed by atoms with Crippen molar-refractivity contribution in [2.75, 3.05) is 25.3 Å². The summed E-state index contributed by atoms with van der Waals surface area (Å²) in [7, 11) is -3.23. The first-order chi connectivity index (χ1) is 11.5. The number of fused-ring (bicyclic) bond motifs is 1. The van der Waals surface area contributed by atoms with Gasteiger partial charge in [0, 0.05) is 6.42 Å². The molecule has 1 unspecified atom stereocenters. The van der Waals surface area contributed by atoms with Gasteiger partial charge in [0.05, 0.1) is 25.5 Å². The van der Waals surface area contributed by atoms with Gasteiger partial charge in [-0.05, 0) is 20.3 Å². The number of hydrogen-bond acceptors (Lipinski definition) is 8. The molecule has 0 amide bonds. The maximum atomic E-state index is 12.5. The van der Waals surface area contributed by atoms with E-state index in [-0.39, 0.29) is 12.5 Å². The molecular weight excluding hydrogens is 333 g/mol. The molecule has 0 aliphatic heterocycles. The van der Waals surface area contributed by atoms with Crippen LogP contribution in [0.1, 0.15) is 33.0 Å². The molecule has 2 aromatic rings. The second-order valence-corrected chi connectivity index (χ2v) is 7.29. The predicted molar refractivity (Wildman–Crippen MR) is 89.8 cm³/mol. The lowest BCUT2D eigenvalue weighted by Crippen LogP contribution is -2.16. The van der Waals surface area contributed by atoms with Crippen molar-refractivity contribution in [3.63, 3.8) is 0 Å². The van der Waals surface area contributed by atoms with Crippen molar-refractivity contribution in [2.45, 2.75) is 39.7 Å². The average Bonchev–Trinajstić information content (AvgIpc) is 2.96. The van der Waals surface area contributed by atoms with Crippen LogP contribution >= 0.6 is 7.60 Å². The molecule has 0 fully saturated rings. The Balaban J connectivity index is 1.97. The smallest absolute Gasteiger partial charge is 0.356 e. The van der Waals surface area contributed by atoms with Crippen LogP contribution in [0.5, 0.6) is 0 Å². The van der Waals surface area contributed by atoms with Gasteiger partial charge >= 0.3 is 7.60 Å². The first-order valence-electron chi connectivity index (χ1n) is 7.92. The molecule has 2 heterocycles. The average molecular weight is 357 g/mol. The van der Waals surface area contributed by atoms with Crippen LogP contribution in [0.4, 0.5) is 5.82 Å². The fourth-order valence-corrected chi connectivity index (χ4v) is 3.62. The molecule has 2 rings (SSSR count). The molecule has 134 valence electrons. The van der Waals surface area contributed by atoms with E-state index < -0.39 is 7.60 Å². The van der Waals surface area contributed by atoms with Crippen LogP contribution in [0, 0.1) is 0 Å². The van der Waals surface area contributed by atoms with E-state index in [0.717, 1.165) is 6.42 Å². The number of hydrogen-bond donors (Lipinski definition) is 1. The zero-order valence-electron chi connectivity index (χ0n) is 14.2. The molecule has 0 aromatic carbocycles. The number of aromatic nitrogens is 4. The van der Waals surface area contributed by atoms with Crippen molar-refractivity contribution in [1.82, 2.24) is 19.6 Å². The molecule has 10 heteroatoms. The van der Waals surface area contributed by atoms with E-state index in [1.54, 1.807) is 17.6 Å². The van der Waals surface area contributed by atoms with Gasteiger partial charge in [-0.15, -0.1) is 0 Å². The summed E-state index contributed by atoms with van der Waals surface area (Å²) >= 11 is 0. The van der Waals surface area contributed by atoms with Crippen LogP contribution in [0.3, 0.4) is 0 Å². The monoisotopic (exact) mass is 357 g/mol. The van der Waals surface area contributed by atoms with E-state index in [4.69, 9.17) is 19.5 Å². The van der Waals surface area contributed by atoms with E-state index in [1.165, 1.54) is 6.33 Å². The highest BCUT2D eigenvalue weighted by molar-refractivity contribution is 7.53. The van der Waals surface area contributed by atoms with Gasteiger partial charge in [0.2, 0.25) is 0 Å². The summed E-state index contributed by atoms with van der Waals surface area (Å²) < 4.78 is 30.4. The van der Waals surface area contributed by atoms with Crippen molar-refractivity contribution in [3.8, 4) is 0 Å². The lowest BCUT2D eigenvalue weighted by Gasteiger charge is -2.20. The SMILES string of the molecule is CCCOP(=O)(CO[C@H](C)Cc1ncc2c(N)ncnn12)OCC. The molecule has 0 aliphatic carbocycles. The van der Waals surface area contributed by atoms with Crippen LogP contribution in [-0.4, -0.2) is 45.2 Å². The Bertz CT molecular complexity index is 708. The maximum Gasteiger partial charge on any atom is 0.356 e. The minimum absolute atomic E-state index is 0.0948. The quantitative estimate of drug-likeness (QED) is 0.644. The van der Waals surface area contributed by atoms with Gasteiger partial charge in [-0.1, -0.05) is 6.92 Å². The molecule has 0 bridgehead atoms. The minimum Gasteiger partial charge on any atom is -0.382 e. The highest BCUT2D eigenvalue weighted by Gasteiger charge is 2.25. The summed E-state index contributed by atoms with van der Waals surface area (Å²) in [6, 6.07) is 0. The maximum absolute atomic E-state index is 12.5. The third-order valence-corrected chi connectivity index (χ3v) is 4.93. The van der Waals surface area contributed by atoms with Crippen LogP contribution < -0.4 is 5.73 Å². The van der Waals surface area contributed by atoms with Gasteiger partial charge in [-0.25, -0.2) is 14.5 Å². The van der Waals surface area contributed by atoms with Crippen molar-refractivity contribution < 1.29 is 18.3 Å². The number of ether oxygens (including phenoxy) is 1. The summed E-state index contributed by atoms with van der Waals surface area (Å²) in [6.07, 6.45) is 3.89. The largest absolute Gasteiger partial charge is 0.382 e. The van der Waals surface area contributed by atoms with E-state index in [0.29, 0.717) is 36.8 Å². The third kappa shape index (κ3) is 4.73. The first kappa shape index (κ1) is 18.8. The Morgan fingerprint density at radius 2 is 2.12 bits per heavy atom. The standard InChI is InChI=1S/C14H24N5O4P/c1-4-6-23-24(20,22-5-2)10-21-11(3)7-13-16-8-12-14(15)17-9-18-19(12)13/h8-9,11H,4-7,10H2,1-3H3,(H2,15,17,18)/t11-,24?/m1/s1. The molecule has 0 radical (unpaired) electrons. The minimum atomic E-state index is -3.23. The molecule has 24 heavy (non-hydrogen) atoms. The van der Waals surface area contributed by atoms with Crippen LogP contribution in [0.15, 0.2) is 12.5 Å².